The predicted molar refractivity (Wildman–Crippen MR) is 85.6 cm³/mol. The van der Waals surface area contributed by atoms with E-state index in [-0.39, 0.29) is 12.8 Å². The molecule has 7 heteroatoms. The van der Waals surface area contributed by atoms with E-state index >= 15 is 0 Å². The molecule has 0 saturated heterocycles. The minimum absolute atomic E-state index is 0.0901. The highest BCUT2D eigenvalue weighted by molar-refractivity contribution is 5.86. The topological polar surface area (TPSA) is 114 Å². The second-order valence-electron chi connectivity index (χ2n) is 5.55. The van der Waals surface area contributed by atoms with Gasteiger partial charge in [-0.1, -0.05) is 0 Å². The van der Waals surface area contributed by atoms with E-state index < -0.39 is 23.7 Å². The van der Waals surface area contributed by atoms with Crippen LogP contribution in [0.5, 0.6) is 5.75 Å². The number of carboxylic acid groups (broad SMARTS) is 2. The van der Waals surface area contributed by atoms with Crippen LogP contribution in [0, 0.1) is 13.8 Å². The number of carboxylic acids is 2. The fourth-order valence-electron chi connectivity index (χ4n) is 2.46. The van der Waals surface area contributed by atoms with Gasteiger partial charge in [0.15, 0.2) is 6.10 Å². The summed E-state index contributed by atoms with van der Waals surface area (Å²) >= 11 is 0. The van der Waals surface area contributed by atoms with Crippen molar-refractivity contribution in [2.24, 2.45) is 0 Å². The molecule has 0 bridgehead atoms. The van der Waals surface area contributed by atoms with Gasteiger partial charge in [0.05, 0.1) is 0 Å². The normalized spacial score (nSPS) is 12.1. The lowest BCUT2D eigenvalue weighted by Gasteiger charge is -2.15. The average Bonchev–Trinajstić information content (AvgIpc) is 2.49. The Labute approximate surface area is 137 Å². The van der Waals surface area contributed by atoms with E-state index in [1.54, 1.807) is 26.0 Å². The van der Waals surface area contributed by atoms with E-state index in [9.17, 15) is 14.4 Å². The Morgan fingerprint density at radius 3 is 2.46 bits per heavy atom. The third-order valence-corrected chi connectivity index (χ3v) is 3.89. The van der Waals surface area contributed by atoms with Crippen LogP contribution in [0.2, 0.25) is 0 Å². The van der Waals surface area contributed by atoms with Gasteiger partial charge < -0.3 is 19.4 Å². The Kier molecular flexibility index (Phi) is 4.92. The molecule has 2 rings (SSSR count). The molecule has 0 unspecified atom stereocenters. The Morgan fingerprint density at radius 2 is 1.88 bits per heavy atom. The van der Waals surface area contributed by atoms with E-state index in [1.807, 2.05) is 0 Å². The molecule has 0 radical (unpaired) electrons. The minimum Gasteiger partial charge on any atom is -0.481 e. The minimum atomic E-state index is -1.10. The van der Waals surface area contributed by atoms with E-state index in [2.05, 4.69) is 0 Å². The Bertz CT molecular complexity index is 863. The fraction of sp³-hybridized carbons (Fsp3) is 0.353. The molecule has 0 spiro atoms. The average molecular weight is 334 g/mol. The zero-order valence-electron chi connectivity index (χ0n) is 13.6. The van der Waals surface area contributed by atoms with Gasteiger partial charge in [0.2, 0.25) is 0 Å². The van der Waals surface area contributed by atoms with Crippen molar-refractivity contribution in [2.45, 2.75) is 39.7 Å². The predicted octanol–water partition coefficient (Wildman–Crippen LogP) is 2.28. The third kappa shape index (κ3) is 3.40. The molecule has 0 amide bonds. The Morgan fingerprint density at radius 1 is 1.21 bits per heavy atom. The summed E-state index contributed by atoms with van der Waals surface area (Å²) in [6.45, 7) is 4.81. The van der Waals surface area contributed by atoms with Gasteiger partial charge in [0.25, 0.3) is 0 Å². The van der Waals surface area contributed by atoms with Crippen molar-refractivity contribution in [3.05, 3.63) is 39.2 Å². The monoisotopic (exact) mass is 334 g/mol. The summed E-state index contributed by atoms with van der Waals surface area (Å²) in [7, 11) is 0. The summed E-state index contributed by atoms with van der Waals surface area (Å²) < 4.78 is 10.7. The van der Waals surface area contributed by atoms with Gasteiger partial charge >= 0.3 is 17.6 Å². The summed E-state index contributed by atoms with van der Waals surface area (Å²) in [6.07, 6.45) is -1.11. The van der Waals surface area contributed by atoms with Crippen molar-refractivity contribution in [3.8, 4) is 5.75 Å². The summed E-state index contributed by atoms with van der Waals surface area (Å²) in [5.74, 6) is -1.77. The molecular formula is C17H18O7. The highest BCUT2D eigenvalue weighted by atomic mass is 16.5. The van der Waals surface area contributed by atoms with Crippen LogP contribution in [0.4, 0.5) is 0 Å². The zero-order chi connectivity index (χ0) is 18.0. The van der Waals surface area contributed by atoms with Crippen molar-refractivity contribution >= 4 is 22.9 Å². The number of benzene rings is 1. The molecular weight excluding hydrogens is 316 g/mol. The van der Waals surface area contributed by atoms with Crippen molar-refractivity contribution < 1.29 is 29.0 Å². The molecule has 7 nitrogen and oxygen atoms in total. The number of hydrogen-bond acceptors (Lipinski definition) is 5. The number of carbonyl (C=O) groups is 2. The largest absolute Gasteiger partial charge is 0.481 e. The molecule has 0 aliphatic carbocycles. The molecule has 2 aromatic rings. The molecule has 1 heterocycles. The molecule has 0 aliphatic heterocycles. The van der Waals surface area contributed by atoms with Crippen molar-refractivity contribution in [3.63, 3.8) is 0 Å². The fourth-order valence-corrected chi connectivity index (χ4v) is 2.46. The maximum Gasteiger partial charge on any atom is 0.344 e. The summed E-state index contributed by atoms with van der Waals surface area (Å²) in [5, 5.41) is 18.4. The van der Waals surface area contributed by atoms with Crippen LogP contribution in [0.3, 0.4) is 0 Å². The first kappa shape index (κ1) is 17.5. The first-order valence-electron chi connectivity index (χ1n) is 7.39. The first-order valence-corrected chi connectivity index (χ1v) is 7.39. The summed E-state index contributed by atoms with van der Waals surface area (Å²) in [6, 6.07) is 3.29. The highest BCUT2D eigenvalue weighted by Gasteiger charge is 2.18. The second-order valence-corrected chi connectivity index (χ2v) is 5.55. The smallest absolute Gasteiger partial charge is 0.344 e. The zero-order valence-corrected chi connectivity index (χ0v) is 13.6. The molecule has 0 aliphatic rings. The second kappa shape index (κ2) is 6.74. The van der Waals surface area contributed by atoms with Crippen molar-refractivity contribution in [1.82, 2.24) is 0 Å². The molecule has 0 saturated carbocycles. The standard InChI is InChI=1S/C17H18O7/c1-8-11-4-6-13(23-10(3)16(20)21)9(2)15(11)24-17(22)12(8)5-7-14(18)19/h4,6,10H,5,7H2,1-3H3,(H,18,19)(H,20,21)/t10-/m1/s1. The summed E-state index contributed by atoms with van der Waals surface area (Å²) in [4.78, 5) is 33.8. The molecule has 0 fully saturated rings. The van der Waals surface area contributed by atoms with Gasteiger partial charge in [-0.2, -0.15) is 0 Å². The van der Waals surface area contributed by atoms with Crippen molar-refractivity contribution in [1.29, 1.82) is 0 Å². The highest BCUT2D eigenvalue weighted by Crippen LogP contribution is 2.30. The van der Waals surface area contributed by atoms with Crippen LogP contribution in [-0.2, 0) is 16.0 Å². The van der Waals surface area contributed by atoms with Crippen LogP contribution >= 0.6 is 0 Å². The van der Waals surface area contributed by atoms with Crippen LogP contribution in [-0.4, -0.2) is 28.3 Å². The van der Waals surface area contributed by atoms with Gasteiger partial charge in [-0.15, -0.1) is 0 Å². The number of aliphatic carboxylic acids is 2. The number of rotatable bonds is 6. The SMILES string of the molecule is Cc1c(CCC(=O)O)c(=O)oc2c(C)c(O[C@H](C)C(=O)O)ccc12. The lowest BCUT2D eigenvalue weighted by Crippen LogP contribution is -2.23. The van der Waals surface area contributed by atoms with Crippen LogP contribution < -0.4 is 10.4 Å². The van der Waals surface area contributed by atoms with Crippen LogP contribution in [0.25, 0.3) is 11.0 Å². The van der Waals surface area contributed by atoms with Crippen LogP contribution in [0.15, 0.2) is 21.3 Å². The van der Waals surface area contributed by atoms with E-state index in [4.69, 9.17) is 19.4 Å². The maximum atomic E-state index is 12.2. The lowest BCUT2D eigenvalue weighted by molar-refractivity contribution is -0.144. The van der Waals surface area contributed by atoms with Crippen LogP contribution in [0.1, 0.15) is 30.0 Å². The lowest BCUT2D eigenvalue weighted by atomic mass is 10.0. The molecule has 128 valence electrons. The summed E-state index contributed by atoms with van der Waals surface area (Å²) in [5.41, 5.74) is 1.23. The number of ether oxygens (including phenoxy) is 1. The quantitative estimate of drug-likeness (QED) is 0.779. The van der Waals surface area contributed by atoms with Gasteiger partial charge in [0, 0.05) is 22.9 Å². The third-order valence-electron chi connectivity index (χ3n) is 3.89. The molecule has 1 aromatic heterocycles. The molecule has 24 heavy (non-hydrogen) atoms. The Balaban J connectivity index is 2.53. The Hall–Kier alpha value is -2.83. The molecule has 1 atom stereocenters. The van der Waals surface area contributed by atoms with E-state index in [0.717, 1.165) is 0 Å². The van der Waals surface area contributed by atoms with Gasteiger partial charge in [-0.25, -0.2) is 9.59 Å². The van der Waals surface area contributed by atoms with E-state index in [0.29, 0.717) is 33.4 Å². The van der Waals surface area contributed by atoms with Gasteiger partial charge in [0.1, 0.15) is 11.3 Å². The number of fused-ring (bicyclic) bond motifs is 1. The molecule has 1 aromatic carbocycles. The van der Waals surface area contributed by atoms with Gasteiger partial charge in [-0.3, -0.25) is 4.79 Å². The van der Waals surface area contributed by atoms with E-state index in [1.165, 1.54) is 6.92 Å². The van der Waals surface area contributed by atoms with Crippen molar-refractivity contribution in [2.75, 3.05) is 0 Å². The number of aryl methyl sites for hydroxylation is 2. The number of hydrogen-bond donors (Lipinski definition) is 2. The molecule has 2 N–H and O–H groups in total. The maximum absolute atomic E-state index is 12.2. The first-order chi connectivity index (χ1) is 11.2. The van der Waals surface area contributed by atoms with Gasteiger partial charge in [-0.05, 0) is 44.9 Å².